The maximum Gasteiger partial charge on any atom is 0.355 e. The van der Waals surface area contributed by atoms with Gasteiger partial charge in [-0.25, -0.2) is 4.79 Å². The highest BCUT2D eigenvalue weighted by molar-refractivity contribution is 6.32. The number of aromatic nitrogens is 1. The van der Waals surface area contributed by atoms with E-state index in [1.54, 1.807) is 42.1 Å². The fraction of sp³-hybridized carbons (Fsp3) is 0.312. The van der Waals surface area contributed by atoms with Gasteiger partial charge < -0.3 is 18.8 Å². The van der Waals surface area contributed by atoms with E-state index in [9.17, 15) is 4.79 Å². The lowest BCUT2D eigenvalue weighted by Crippen LogP contribution is -2.09. The van der Waals surface area contributed by atoms with E-state index in [-0.39, 0.29) is 12.6 Å². The van der Waals surface area contributed by atoms with Gasteiger partial charge in [0.25, 0.3) is 0 Å². The van der Waals surface area contributed by atoms with Crippen LogP contribution in [0.4, 0.5) is 0 Å². The molecule has 1 aromatic heterocycles. The first kappa shape index (κ1) is 14.8. The topological polar surface area (TPSA) is 49.7 Å². The Labute approximate surface area is 133 Å². The van der Waals surface area contributed by atoms with Crippen LogP contribution in [0.1, 0.15) is 22.5 Å². The number of ether oxygens (including phenoxy) is 3. The molecule has 0 spiro atoms. The van der Waals surface area contributed by atoms with E-state index in [1.165, 1.54) is 0 Å². The van der Waals surface area contributed by atoms with Crippen LogP contribution in [-0.2, 0) is 18.4 Å². The molecule has 0 fully saturated rings. The average molecular weight is 322 g/mol. The molecule has 2 aromatic rings. The van der Waals surface area contributed by atoms with Gasteiger partial charge >= 0.3 is 5.97 Å². The van der Waals surface area contributed by atoms with E-state index in [4.69, 9.17) is 25.8 Å². The van der Waals surface area contributed by atoms with Gasteiger partial charge in [-0.1, -0.05) is 11.6 Å². The van der Waals surface area contributed by atoms with Crippen molar-refractivity contribution in [3.63, 3.8) is 0 Å². The van der Waals surface area contributed by atoms with Crippen LogP contribution in [0.5, 0.6) is 11.5 Å². The lowest BCUT2D eigenvalue weighted by Gasteiger charge is -2.12. The molecule has 0 amide bonds. The minimum Gasteiger partial charge on any atom is -0.489 e. The summed E-state index contributed by atoms with van der Waals surface area (Å²) in [6.45, 7) is 1.28. The Hall–Kier alpha value is -2.14. The molecule has 5 nitrogen and oxygen atoms in total. The zero-order chi connectivity index (χ0) is 15.5. The summed E-state index contributed by atoms with van der Waals surface area (Å²) in [5, 5.41) is 0.462. The van der Waals surface area contributed by atoms with Crippen molar-refractivity contribution in [2.24, 2.45) is 7.05 Å². The quantitative estimate of drug-likeness (QED) is 0.815. The third-order valence-corrected chi connectivity index (χ3v) is 3.67. The number of hydrogen-bond donors (Lipinski definition) is 0. The molecule has 0 atom stereocenters. The van der Waals surface area contributed by atoms with E-state index >= 15 is 0 Å². The highest BCUT2D eigenvalue weighted by Gasteiger charge is 2.17. The summed E-state index contributed by atoms with van der Waals surface area (Å²) in [7, 11) is 1.79. The lowest BCUT2D eigenvalue weighted by molar-refractivity contribution is 0.0461. The molecule has 0 unspecified atom stereocenters. The molecule has 1 aliphatic rings. The summed E-state index contributed by atoms with van der Waals surface area (Å²) in [4.78, 5) is 12.0. The SMILES string of the molecule is Cn1cccc1C(=O)OCc1cc(Cl)c2c(c1)OCCCO2. The number of rotatable bonds is 3. The number of fused-ring (bicyclic) bond motifs is 1. The van der Waals surface area contributed by atoms with Gasteiger partial charge in [-0.15, -0.1) is 0 Å². The minimum absolute atomic E-state index is 0.125. The predicted octanol–water partition coefficient (Wildman–Crippen LogP) is 3.20. The fourth-order valence-electron chi connectivity index (χ4n) is 2.26. The summed E-state index contributed by atoms with van der Waals surface area (Å²) < 4.78 is 18.2. The van der Waals surface area contributed by atoms with Gasteiger partial charge in [0.05, 0.1) is 18.2 Å². The second-order valence-electron chi connectivity index (χ2n) is 5.04. The van der Waals surface area contributed by atoms with Crippen molar-refractivity contribution in [3.8, 4) is 11.5 Å². The largest absolute Gasteiger partial charge is 0.489 e. The zero-order valence-corrected chi connectivity index (χ0v) is 12.9. The molecule has 1 aromatic carbocycles. The van der Waals surface area contributed by atoms with E-state index in [0.29, 0.717) is 35.4 Å². The van der Waals surface area contributed by atoms with Gasteiger partial charge in [-0.05, 0) is 29.8 Å². The second-order valence-corrected chi connectivity index (χ2v) is 5.44. The molecule has 6 heteroatoms. The van der Waals surface area contributed by atoms with E-state index in [1.807, 2.05) is 0 Å². The van der Waals surface area contributed by atoms with Gasteiger partial charge in [-0.2, -0.15) is 0 Å². The Kier molecular flexibility index (Phi) is 4.24. The van der Waals surface area contributed by atoms with E-state index in [2.05, 4.69) is 0 Å². The molecule has 0 N–H and O–H groups in total. The van der Waals surface area contributed by atoms with Gasteiger partial charge in [0.15, 0.2) is 11.5 Å². The van der Waals surface area contributed by atoms with E-state index in [0.717, 1.165) is 12.0 Å². The van der Waals surface area contributed by atoms with Crippen molar-refractivity contribution in [3.05, 3.63) is 46.7 Å². The highest BCUT2D eigenvalue weighted by Crippen LogP contribution is 2.38. The van der Waals surface area contributed by atoms with Crippen LogP contribution in [0, 0.1) is 0 Å². The predicted molar refractivity (Wildman–Crippen MR) is 81.6 cm³/mol. The van der Waals surface area contributed by atoms with Crippen molar-refractivity contribution >= 4 is 17.6 Å². The monoisotopic (exact) mass is 321 g/mol. The highest BCUT2D eigenvalue weighted by atomic mass is 35.5. The molecule has 0 saturated carbocycles. The summed E-state index contributed by atoms with van der Waals surface area (Å²) >= 11 is 6.21. The lowest BCUT2D eigenvalue weighted by atomic mass is 10.2. The van der Waals surface area contributed by atoms with Gasteiger partial charge in [-0.3, -0.25) is 0 Å². The number of esters is 1. The van der Waals surface area contributed by atoms with E-state index < -0.39 is 0 Å². The molecule has 0 bridgehead atoms. The van der Waals surface area contributed by atoms with Gasteiger partial charge in [0.2, 0.25) is 0 Å². The first-order chi connectivity index (χ1) is 10.6. The van der Waals surface area contributed by atoms with Crippen molar-refractivity contribution < 1.29 is 19.0 Å². The van der Waals surface area contributed by atoms with Crippen molar-refractivity contribution in [2.45, 2.75) is 13.0 Å². The van der Waals surface area contributed by atoms with Crippen LogP contribution in [0.25, 0.3) is 0 Å². The average Bonchev–Trinajstić information content (AvgIpc) is 2.78. The zero-order valence-electron chi connectivity index (χ0n) is 12.2. The molecule has 2 heterocycles. The molecule has 1 aliphatic heterocycles. The Bertz CT molecular complexity index is 695. The first-order valence-corrected chi connectivity index (χ1v) is 7.39. The Morgan fingerprint density at radius 3 is 2.95 bits per heavy atom. The number of carbonyl (C=O) groups is 1. The van der Waals surface area contributed by atoms with Gasteiger partial charge in [0, 0.05) is 19.7 Å². The molecule has 0 saturated heterocycles. The third kappa shape index (κ3) is 3.04. The Morgan fingerprint density at radius 1 is 1.36 bits per heavy atom. The number of halogens is 1. The molecular formula is C16H16ClNO4. The minimum atomic E-state index is -0.379. The van der Waals surface area contributed by atoms with Crippen molar-refractivity contribution in [1.29, 1.82) is 0 Å². The molecule has 3 rings (SSSR count). The second kappa shape index (κ2) is 6.32. The molecular weight excluding hydrogens is 306 g/mol. The smallest absolute Gasteiger partial charge is 0.355 e. The maximum atomic E-state index is 12.0. The van der Waals surface area contributed by atoms with Gasteiger partial charge in [0.1, 0.15) is 12.3 Å². The first-order valence-electron chi connectivity index (χ1n) is 7.01. The molecule has 0 radical (unpaired) electrons. The molecule has 0 aliphatic carbocycles. The van der Waals surface area contributed by atoms with Crippen LogP contribution in [0.3, 0.4) is 0 Å². The summed E-state index contributed by atoms with van der Waals surface area (Å²) in [6, 6.07) is 7.03. The fourth-order valence-corrected chi connectivity index (χ4v) is 2.55. The van der Waals surface area contributed by atoms with Crippen LogP contribution in [0.15, 0.2) is 30.5 Å². The third-order valence-electron chi connectivity index (χ3n) is 3.38. The standard InChI is InChI=1S/C16H16ClNO4/c1-18-5-2-4-13(18)16(19)22-10-11-8-12(17)15-14(9-11)20-6-3-7-21-15/h2,4-5,8-9H,3,6-7,10H2,1H3. The summed E-state index contributed by atoms with van der Waals surface area (Å²) in [5.74, 6) is 0.766. The van der Waals surface area contributed by atoms with Crippen LogP contribution in [-0.4, -0.2) is 23.8 Å². The van der Waals surface area contributed by atoms with Crippen LogP contribution < -0.4 is 9.47 Å². The van der Waals surface area contributed by atoms with Crippen molar-refractivity contribution in [2.75, 3.05) is 13.2 Å². The Morgan fingerprint density at radius 2 is 2.18 bits per heavy atom. The maximum absolute atomic E-state index is 12.0. The van der Waals surface area contributed by atoms with Crippen molar-refractivity contribution in [1.82, 2.24) is 4.57 Å². The number of benzene rings is 1. The molecule has 116 valence electrons. The normalized spacial score (nSPS) is 13.5. The molecule has 22 heavy (non-hydrogen) atoms. The number of aryl methyl sites for hydroxylation is 1. The Balaban J connectivity index is 1.73. The summed E-state index contributed by atoms with van der Waals surface area (Å²) in [6.07, 6.45) is 2.60. The summed E-state index contributed by atoms with van der Waals surface area (Å²) in [5.41, 5.74) is 1.26. The number of carbonyl (C=O) groups excluding carboxylic acids is 1. The van der Waals surface area contributed by atoms with Crippen LogP contribution >= 0.6 is 11.6 Å². The number of hydrogen-bond acceptors (Lipinski definition) is 4. The van der Waals surface area contributed by atoms with Crippen LogP contribution in [0.2, 0.25) is 5.02 Å². The number of nitrogens with zero attached hydrogens (tertiary/aromatic N) is 1.